The van der Waals surface area contributed by atoms with E-state index in [2.05, 4.69) is 4.98 Å². The van der Waals surface area contributed by atoms with Gasteiger partial charge in [0.25, 0.3) is 5.56 Å². The van der Waals surface area contributed by atoms with Crippen molar-refractivity contribution >= 4 is 17.3 Å². The second kappa shape index (κ2) is 2.94. The Bertz CT molecular complexity index is 294. The maximum absolute atomic E-state index is 10.7. The van der Waals surface area contributed by atoms with Gasteiger partial charge in [0.05, 0.1) is 0 Å². The van der Waals surface area contributed by atoms with Gasteiger partial charge in [0.2, 0.25) is 0 Å². The first-order valence-electron chi connectivity index (χ1n) is 3.02. The van der Waals surface area contributed by atoms with Crippen LogP contribution in [0.15, 0.2) is 10.9 Å². The lowest BCUT2D eigenvalue weighted by molar-refractivity contribution is 1.04. The molecule has 0 saturated heterocycles. The predicted octanol–water partition coefficient (Wildman–Crippen LogP) is 0.0692. The summed E-state index contributed by atoms with van der Waals surface area (Å²) in [5.41, 5.74) is 11.4. The highest BCUT2D eigenvalue weighted by Crippen LogP contribution is 2.15. The highest BCUT2D eigenvalue weighted by molar-refractivity contribution is 6.30. The highest BCUT2D eigenvalue weighted by atomic mass is 35.5. The minimum absolute atomic E-state index is 0.220. The first-order chi connectivity index (χ1) is 5.15. The van der Waals surface area contributed by atoms with Gasteiger partial charge in [0, 0.05) is 23.9 Å². The van der Waals surface area contributed by atoms with E-state index in [9.17, 15) is 4.79 Å². The fourth-order valence-corrected chi connectivity index (χ4v) is 1.06. The lowest BCUT2D eigenvalue weighted by Gasteiger charge is -2.02. The molecule has 1 aromatic heterocycles. The first-order valence-corrected chi connectivity index (χ1v) is 3.40. The molecule has 0 atom stereocenters. The lowest BCUT2D eigenvalue weighted by atomic mass is 10.2. The Morgan fingerprint density at radius 3 is 2.73 bits per heavy atom. The topological polar surface area (TPSA) is 84.9 Å². The lowest BCUT2D eigenvalue weighted by Crippen LogP contribution is -2.11. The number of rotatable bonds is 1. The van der Waals surface area contributed by atoms with Gasteiger partial charge in [-0.1, -0.05) is 11.6 Å². The average molecular weight is 174 g/mol. The number of H-pyrrole nitrogens is 1. The smallest absolute Gasteiger partial charge is 0.251 e. The molecular weight excluding hydrogens is 166 g/mol. The van der Waals surface area contributed by atoms with E-state index >= 15 is 0 Å². The maximum atomic E-state index is 10.7. The highest BCUT2D eigenvalue weighted by Gasteiger charge is 2.03. The Morgan fingerprint density at radius 2 is 2.27 bits per heavy atom. The van der Waals surface area contributed by atoms with Crippen molar-refractivity contribution in [3.63, 3.8) is 0 Å². The molecule has 0 fully saturated rings. The molecule has 5 heteroatoms. The van der Waals surface area contributed by atoms with E-state index in [1.807, 2.05) is 0 Å². The summed E-state index contributed by atoms with van der Waals surface area (Å²) < 4.78 is 0. The van der Waals surface area contributed by atoms with Crippen LogP contribution in [-0.4, -0.2) is 4.98 Å². The third kappa shape index (κ3) is 1.53. The number of aromatic amines is 1. The van der Waals surface area contributed by atoms with Crippen LogP contribution >= 0.6 is 11.6 Å². The molecule has 0 aliphatic carbocycles. The molecule has 0 aliphatic rings. The largest absolute Gasteiger partial charge is 0.398 e. The molecule has 60 valence electrons. The molecule has 0 unspecified atom stereocenters. The molecular formula is C6H8ClN3O. The van der Waals surface area contributed by atoms with Crippen molar-refractivity contribution in [3.8, 4) is 0 Å². The van der Waals surface area contributed by atoms with E-state index in [4.69, 9.17) is 23.1 Å². The molecule has 0 spiro atoms. The summed E-state index contributed by atoms with van der Waals surface area (Å²) in [6, 6.07) is 1.26. The molecule has 0 aromatic carbocycles. The van der Waals surface area contributed by atoms with Crippen LogP contribution < -0.4 is 17.0 Å². The Balaban J connectivity index is 3.36. The van der Waals surface area contributed by atoms with E-state index in [1.54, 1.807) is 0 Å². The van der Waals surface area contributed by atoms with Gasteiger partial charge in [-0.05, 0) is 0 Å². The molecule has 11 heavy (non-hydrogen) atoms. The fraction of sp³-hybridized carbons (Fsp3) is 0.167. The summed E-state index contributed by atoms with van der Waals surface area (Å²) in [4.78, 5) is 13.1. The number of aromatic nitrogens is 1. The Morgan fingerprint density at radius 1 is 1.64 bits per heavy atom. The predicted molar refractivity (Wildman–Crippen MR) is 44.4 cm³/mol. The first kappa shape index (κ1) is 8.10. The van der Waals surface area contributed by atoms with Crippen molar-refractivity contribution in [3.05, 3.63) is 27.1 Å². The van der Waals surface area contributed by atoms with E-state index in [0.717, 1.165) is 0 Å². The number of hydrogen-bond acceptors (Lipinski definition) is 3. The minimum Gasteiger partial charge on any atom is -0.398 e. The minimum atomic E-state index is -0.315. The van der Waals surface area contributed by atoms with Crippen molar-refractivity contribution in [2.24, 2.45) is 5.73 Å². The molecule has 1 aromatic rings. The molecule has 0 radical (unpaired) electrons. The van der Waals surface area contributed by atoms with E-state index in [-0.39, 0.29) is 17.3 Å². The number of hydrogen-bond donors (Lipinski definition) is 3. The van der Waals surface area contributed by atoms with E-state index in [0.29, 0.717) is 11.3 Å². The normalized spacial score (nSPS) is 10.0. The number of nitrogens with one attached hydrogen (secondary N) is 1. The van der Waals surface area contributed by atoms with Crippen molar-refractivity contribution in [1.29, 1.82) is 0 Å². The fourth-order valence-electron chi connectivity index (χ4n) is 0.782. The van der Waals surface area contributed by atoms with Crippen molar-refractivity contribution in [1.82, 2.24) is 4.98 Å². The molecule has 0 amide bonds. The summed E-state index contributed by atoms with van der Waals surface area (Å²) in [5.74, 6) is 0. The van der Waals surface area contributed by atoms with Gasteiger partial charge in [0.15, 0.2) is 0 Å². The van der Waals surface area contributed by atoms with Gasteiger partial charge in [-0.25, -0.2) is 0 Å². The SMILES string of the molecule is NCc1c(N)cc(=O)[nH]c1Cl. The van der Waals surface area contributed by atoms with Gasteiger partial charge >= 0.3 is 0 Å². The molecule has 5 N–H and O–H groups in total. The second-order valence-electron chi connectivity index (χ2n) is 2.09. The molecule has 1 heterocycles. The molecule has 4 nitrogen and oxygen atoms in total. The van der Waals surface area contributed by atoms with Crippen molar-refractivity contribution in [2.75, 3.05) is 5.73 Å². The summed E-state index contributed by atoms with van der Waals surface area (Å²) in [6.07, 6.45) is 0. The van der Waals surface area contributed by atoms with Gasteiger partial charge in [-0.3, -0.25) is 4.79 Å². The molecule has 0 bridgehead atoms. The summed E-state index contributed by atoms with van der Waals surface area (Å²) >= 11 is 5.62. The van der Waals surface area contributed by atoms with Gasteiger partial charge in [-0.2, -0.15) is 0 Å². The van der Waals surface area contributed by atoms with Gasteiger partial charge in [0.1, 0.15) is 5.15 Å². The Labute approximate surface area is 68.2 Å². The summed E-state index contributed by atoms with van der Waals surface area (Å²) in [5, 5.41) is 0.220. The molecule has 0 saturated carbocycles. The van der Waals surface area contributed by atoms with Crippen LogP contribution in [0.3, 0.4) is 0 Å². The second-order valence-corrected chi connectivity index (χ2v) is 2.46. The summed E-state index contributed by atoms with van der Waals surface area (Å²) in [7, 11) is 0. The Kier molecular flexibility index (Phi) is 2.16. The number of nitrogen functional groups attached to an aromatic ring is 1. The van der Waals surface area contributed by atoms with E-state index in [1.165, 1.54) is 6.07 Å². The van der Waals surface area contributed by atoms with Crippen LogP contribution in [0.1, 0.15) is 5.56 Å². The van der Waals surface area contributed by atoms with Gasteiger partial charge < -0.3 is 16.5 Å². The zero-order valence-corrected chi connectivity index (χ0v) is 6.48. The third-order valence-corrected chi connectivity index (χ3v) is 1.66. The molecule has 0 aliphatic heterocycles. The number of anilines is 1. The van der Waals surface area contributed by atoms with Crippen molar-refractivity contribution in [2.45, 2.75) is 6.54 Å². The zero-order chi connectivity index (χ0) is 8.43. The average Bonchev–Trinajstić information content (AvgIpc) is 1.85. The standard InChI is InChI=1S/C6H8ClN3O/c7-6-3(2-8)4(9)1-5(11)10-6/h1H,2,8H2,(H3,9,10,11). The zero-order valence-electron chi connectivity index (χ0n) is 5.73. The van der Waals surface area contributed by atoms with Gasteiger partial charge in [-0.15, -0.1) is 0 Å². The monoisotopic (exact) mass is 173 g/mol. The van der Waals surface area contributed by atoms with E-state index < -0.39 is 0 Å². The quantitative estimate of drug-likeness (QED) is 0.526. The van der Waals surface area contributed by atoms with Crippen LogP contribution in [0.25, 0.3) is 0 Å². The maximum Gasteiger partial charge on any atom is 0.251 e. The van der Waals surface area contributed by atoms with Crippen LogP contribution in [0.5, 0.6) is 0 Å². The van der Waals surface area contributed by atoms with Crippen LogP contribution in [0.2, 0.25) is 5.15 Å². The number of nitrogens with two attached hydrogens (primary N) is 2. The van der Waals surface area contributed by atoms with Crippen LogP contribution in [0, 0.1) is 0 Å². The number of pyridine rings is 1. The number of halogens is 1. The summed E-state index contributed by atoms with van der Waals surface area (Å²) in [6.45, 7) is 0.224. The molecule has 1 rings (SSSR count). The third-order valence-electron chi connectivity index (χ3n) is 1.34. The van der Waals surface area contributed by atoms with Crippen molar-refractivity contribution < 1.29 is 0 Å². The van der Waals surface area contributed by atoms with Crippen LogP contribution in [-0.2, 0) is 6.54 Å². The van der Waals surface area contributed by atoms with Crippen LogP contribution in [0.4, 0.5) is 5.69 Å². The Hall–Kier alpha value is -1.00.